The Morgan fingerprint density at radius 2 is 2.00 bits per heavy atom. The lowest BCUT2D eigenvalue weighted by Gasteiger charge is -2.24. The summed E-state index contributed by atoms with van der Waals surface area (Å²) < 4.78 is 6.18. The van der Waals surface area contributed by atoms with E-state index in [2.05, 4.69) is 47.4 Å². The summed E-state index contributed by atoms with van der Waals surface area (Å²) in [6, 6.07) is 10.0. The lowest BCUT2D eigenvalue weighted by Crippen LogP contribution is -2.37. The summed E-state index contributed by atoms with van der Waals surface area (Å²) in [5.41, 5.74) is 2.13. The number of rotatable bonds is 5. The van der Waals surface area contributed by atoms with E-state index in [1.807, 2.05) is 37.3 Å². The van der Waals surface area contributed by atoms with E-state index in [1.54, 1.807) is 0 Å². The zero-order chi connectivity index (χ0) is 14.3. The topological polar surface area (TPSA) is 9.23 Å². The molecule has 1 atom stereocenters. The van der Waals surface area contributed by atoms with Crippen molar-refractivity contribution in [3.05, 3.63) is 48.0 Å². The van der Waals surface area contributed by atoms with Gasteiger partial charge in [-0.05, 0) is 32.2 Å². The molecular weight excluding hydrogens is 316 g/mol. The summed E-state index contributed by atoms with van der Waals surface area (Å²) in [4.78, 5) is 0.916. The first-order chi connectivity index (χ1) is 8.93. The smallest absolute Gasteiger partial charge is 0.198 e. The highest BCUT2D eigenvalue weighted by atomic mass is 79.9. The quantitative estimate of drug-likeness (QED) is 0.332. The molecule has 1 aromatic rings. The van der Waals surface area contributed by atoms with E-state index in [9.17, 15) is 0 Å². The van der Waals surface area contributed by atoms with Crippen LogP contribution in [0.1, 0.15) is 18.9 Å². The van der Waals surface area contributed by atoms with E-state index in [0.717, 1.165) is 22.5 Å². The average Bonchev–Trinajstić information content (AvgIpc) is 2.36. The molecule has 3 heteroatoms. The van der Waals surface area contributed by atoms with Gasteiger partial charge in [-0.15, -0.1) is 6.58 Å². The fourth-order valence-corrected chi connectivity index (χ4v) is 2.91. The highest BCUT2D eigenvalue weighted by Gasteiger charge is 2.24. The second-order valence-corrected chi connectivity index (χ2v) is 11.0. The molecule has 1 rings (SSSR count). The van der Waals surface area contributed by atoms with Crippen molar-refractivity contribution in [2.24, 2.45) is 0 Å². The predicted octanol–water partition coefficient (Wildman–Crippen LogP) is 4.53. The van der Waals surface area contributed by atoms with Gasteiger partial charge in [-0.25, -0.2) is 0 Å². The standard InChI is InChI=1S/C16H21BrOSi/c1-14(2)12-16(18-19(3,4)13-17)11-10-15-8-6-5-7-9-15/h5-9,16H,1,12-13H2,2-4H3/t16-/m1/s1. The van der Waals surface area contributed by atoms with Gasteiger partial charge in [0.25, 0.3) is 0 Å². The van der Waals surface area contributed by atoms with E-state index < -0.39 is 8.32 Å². The molecule has 0 spiro atoms. The Hall–Kier alpha value is -0.823. The SMILES string of the molecule is C=C(C)C[C@@H](C#Cc1ccccc1)O[Si](C)(C)CBr. The van der Waals surface area contributed by atoms with Crippen molar-refractivity contribution in [1.29, 1.82) is 0 Å². The third kappa shape index (κ3) is 6.77. The van der Waals surface area contributed by atoms with Crippen LogP contribution in [0.2, 0.25) is 13.1 Å². The first kappa shape index (κ1) is 16.2. The molecule has 0 saturated carbocycles. The van der Waals surface area contributed by atoms with Crippen LogP contribution < -0.4 is 0 Å². The van der Waals surface area contributed by atoms with E-state index in [0.29, 0.717) is 0 Å². The molecule has 0 aromatic heterocycles. The molecule has 0 fully saturated rings. The Kier molecular flexibility index (Phi) is 6.57. The van der Waals surface area contributed by atoms with Crippen molar-refractivity contribution in [1.82, 2.24) is 0 Å². The normalized spacial score (nSPS) is 12.4. The molecule has 1 aromatic carbocycles. The van der Waals surface area contributed by atoms with Gasteiger partial charge in [0, 0.05) is 16.9 Å². The van der Waals surface area contributed by atoms with Gasteiger partial charge >= 0.3 is 0 Å². The zero-order valence-electron chi connectivity index (χ0n) is 11.9. The van der Waals surface area contributed by atoms with Crippen LogP contribution in [0.5, 0.6) is 0 Å². The van der Waals surface area contributed by atoms with E-state index in [4.69, 9.17) is 4.43 Å². The molecule has 0 amide bonds. The van der Waals surface area contributed by atoms with Crippen LogP contribution in [0.4, 0.5) is 0 Å². The Balaban J connectivity index is 2.81. The Bertz CT molecular complexity index is 471. The number of benzene rings is 1. The summed E-state index contributed by atoms with van der Waals surface area (Å²) >= 11 is 3.53. The van der Waals surface area contributed by atoms with Gasteiger partial charge in [0.2, 0.25) is 0 Å². The lowest BCUT2D eigenvalue weighted by molar-refractivity contribution is 0.251. The molecule has 102 valence electrons. The molecular formula is C16H21BrOSi. The number of hydrogen-bond donors (Lipinski definition) is 0. The fourth-order valence-electron chi connectivity index (χ4n) is 1.54. The second kappa shape index (κ2) is 7.69. The largest absolute Gasteiger partial charge is 0.403 e. The summed E-state index contributed by atoms with van der Waals surface area (Å²) in [6.45, 7) is 10.4. The monoisotopic (exact) mass is 336 g/mol. The molecule has 19 heavy (non-hydrogen) atoms. The van der Waals surface area contributed by atoms with Gasteiger partial charge in [-0.1, -0.05) is 51.5 Å². The van der Waals surface area contributed by atoms with Crippen molar-refractivity contribution in [3.63, 3.8) is 0 Å². The van der Waals surface area contributed by atoms with Gasteiger partial charge in [-0.3, -0.25) is 0 Å². The first-order valence-corrected chi connectivity index (χ1v) is 10.6. The maximum absolute atomic E-state index is 6.18. The average molecular weight is 337 g/mol. The van der Waals surface area contributed by atoms with E-state index in [-0.39, 0.29) is 6.10 Å². The summed E-state index contributed by atoms with van der Waals surface area (Å²) in [6.07, 6.45) is 0.736. The van der Waals surface area contributed by atoms with Crippen molar-refractivity contribution in [2.45, 2.75) is 32.5 Å². The minimum atomic E-state index is -1.67. The predicted molar refractivity (Wildman–Crippen MR) is 88.9 cm³/mol. The number of alkyl halides is 1. The molecule has 0 aliphatic rings. The molecule has 1 nitrogen and oxygen atoms in total. The van der Waals surface area contributed by atoms with Crippen molar-refractivity contribution >= 4 is 24.2 Å². The van der Waals surface area contributed by atoms with E-state index >= 15 is 0 Å². The third-order valence-corrected chi connectivity index (χ3v) is 8.09. The second-order valence-electron chi connectivity index (χ2n) is 5.30. The number of hydrogen-bond acceptors (Lipinski definition) is 1. The maximum atomic E-state index is 6.18. The molecule has 0 heterocycles. The van der Waals surface area contributed by atoms with Crippen LogP contribution >= 0.6 is 15.9 Å². The van der Waals surface area contributed by atoms with Gasteiger partial charge in [0.05, 0.1) is 0 Å². The molecule has 0 bridgehead atoms. The van der Waals surface area contributed by atoms with Crippen LogP contribution in [-0.4, -0.2) is 19.4 Å². The van der Waals surface area contributed by atoms with Gasteiger partial charge < -0.3 is 4.43 Å². The summed E-state index contributed by atoms with van der Waals surface area (Å²) in [5.74, 6) is 6.43. The highest BCUT2D eigenvalue weighted by Crippen LogP contribution is 2.15. The van der Waals surface area contributed by atoms with Gasteiger partial charge in [0.15, 0.2) is 8.32 Å². The van der Waals surface area contributed by atoms with Crippen LogP contribution in [0, 0.1) is 11.8 Å². The summed E-state index contributed by atoms with van der Waals surface area (Å²) in [5, 5.41) is 0. The molecule has 0 unspecified atom stereocenters. The zero-order valence-corrected chi connectivity index (χ0v) is 14.5. The van der Waals surface area contributed by atoms with Crippen molar-refractivity contribution in [2.75, 3.05) is 4.95 Å². The molecule has 0 aliphatic carbocycles. The van der Waals surface area contributed by atoms with Gasteiger partial charge in [-0.2, -0.15) is 0 Å². The Morgan fingerprint density at radius 3 is 2.53 bits per heavy atom. The minimum Gasteiger partial charge on any atom is -0.403 e. The van der Waals surface area contributed by atoms with Crippen LogP contribution in [0.3, 0.4) is 0 Å². The first-order valence-electron chi connectivity index (χ1n) is 6.38. The lowest BCUT2D eigenvalue weighted by atomic mass is 10.1. The molecule has 0 radical (unpaired) electrons. The fraction of sp³-hybridized carbons (Fsp3) is 0.375. The highest BCUT2D eigenvalue weighted by molar-refractivity contribution is 9.09. The van der Waals surface area contributed by atoms with Crippen LogP contribution in [-0.2, 0) is 4.43 Å². The van der Waals surface area contributed by atoms with Gasteiger partial charge in [0.1, 0.15) is 6.10 Å². The minimum absolute atomic E-state index is 0.0584. The van der Waals surface area contributed by atoms with Crippen molar-refractivity contribution < 1.29 is 4.43 Å². The Morgan fingerprint density at radius 1 is 1.37 bits per heavy atom. The molecule has 0 saturated heterocycles. The number of halogens is 1. The molecule has 0 N–H and O–H groups in total. The van der Waals surface area contributed by atoms with Crippen LogP contribution in [0.15, 0.2) is 42.5 Å². The third-order valence-electron chi connectivity index (χ3n) is 2.47. The van der Waals surface area contributed by atoms with Crippen LogP contribution in [0.25, 0.3) is 0 Å². The summed E-state index contributed by atoms with van der Waals surface area (Å²) in [7, 11) is -1.67. The maximum Gasteiger partial charge on any atom is 0.198 e. The van der Waals surface area contributed by atoms with E-state index in [1.165, 1.54) is 0 Å². The Labute approximate surface area is 126 Å². The molecule has 0 aliphatic heterocycles. The van der Waals surface area contributed by atoms with Crippen molar-refractivity contribution in [3.8, 4) is 11.8 Å².